The number of hydrogen-bond donors (Lipinski definition) is 0. The van der Waals surface area contributed by atoms with Crippen molar-refractivity contribution in [3.63, 3.8) is 0 Å². The largest absolute Gasteiger partial charge is 0.336 e. The first kappa shape index (κ1) is 13.7. The molecule has 1 aliphatic rings. The number of carbonyl (C=O) groups excluding carboxylic acids is 1. The van der Waals surface area contributed by atoms with Gasteiger partial charge in [0.25, 0.3) is 5.91 Å². The van der Waals surface area contributed by atoms with Gasteiger partial charge in [0.05, 0.1) is 0 Å². The summed E-state index contributed by atoms with van der Waals surface area (Å²) in [6.45, 7) is 0.846. The van der Waals surface area contributed by atoms with Gasteiger partial charge in [-0.05, 0) is 43.9 Å². The molecule has 2 nitrogen and oxygen atoms in total. The predicted octanol–water partition coefficient (Wildman–Crippen LogP) is 3.96. The number of carbonyl (C=O) groups is 1. The van der Waals surface area contributed by atoms with Crippen molar-refractivity contribution in [1.29, 1.82) is 0 Å². The van der Waals surface area contributed by atoms with Crippen LogP contribution in [0.25, 0.3) is 0 Å². The van der Waals surface area contributed by atoms with Gasteiger partial charge in [-0.25, -0.2) is 0 Å². The second kappa shape index (κ2) is 6.44. The van der Waals surface area contributed by atoms with Crippen molar-refractivity contribution in [3.8, 4) is 0 Å². The monoisotopic (exact) mass is 285 g/mol. The lowest BCUT2D eigenvalue weighted by molar-refractivity contribution is 0.0730. The van der Waals surface area contributed by atoms with E-state index in [2.05, 4.69) is 0 Å². The second-order valence-corrected chi connectivity index (χ2v) is 5.45. The summed E-state index contributed by atoms with van der Waals surface area (Å²) in [6.07, 6.45) is 4.13. The van der Waals surface area contributed by atoms with Crippen molar-refractivity contribution < 1.29 is 4.79 Å². The van der Waals surface area contributed by atoms with E-state index in [1.807, 2.05) is 17.0 Å². The zero-order chi connectivity index (χ0) is 13.0. The first-order chi connectivity index (χ1) is 8.72. The Bertz CT molecular complexity index is 422. The molecule has 0 bridgehead atoms. The van der Waals surface area contributed by atoms with Crippen LogP contribution in [0, 0.1) is 0 Å². The van der Waals surface area contributed by atoms with E-state index in [0.29, 0.717) is 22.5 Å². The highest BCUT2D eigenvalue weighted by atomic mass is 35.5. The number of alkyl halides is 1. The molecule has 0 saturated carbocycles. The Labute approximate surface area is 118 Å². The minimum absolute atomic E-state index is 0.0922. The Morgan fingerprint density at radius 1 is 1.44 bits per heavy atom. The van der Waals surface area contributed by atoms with Gasteiger partial charge in [0.2, 0.25) is 0 Å². The van der Waals surface area contributed by atoms with Crippen LogP contribution in [0.15, 0.2) is 24.3 Å². The molecule has 1 aromatic carbocycles. The molecule has 1 amide bonds. The molecule has 18 heavy (non-hydrogen) atoms. The summed E-state index contributed by atoms with van der Waals surface area (Å²) in [5.74, 6) is 0.755. The minimum atomic E-state index is 0.0922. The van der Waals surface area contributed by atoms with Gasteiger partial charge >= 0.3 is 0 Å². The average molecular weight is 286 g/mol. The standard InChI is InChI=1S/C14H17Cl2NO/c15-8-2-6-13-7-3-9-17(13)14(18)11-4-1-5-12(16)10-11/h1,4-5,10,13H,2-3,6-9H2. The van der Waals surface area contributed by atoms with E-state index >= 15 is 0 Å². The summed E-state index contributed by atoms with van der Waals surface area (Å²) in [6, 6.07) is 7.51. The fourth-order valence-corrected chi connectivity index (χ4v) is 2.85. The van der Waals surface area contributed by atoms with Gasteiger partial charge in [0.15, 0.2) is 0 Å². The molecule has 0 aliphatic carbocycles. The smallest absolute Gasteiger partial charge is 0.254 e. The average Bonchev–Trinajstić information content (AvgIpc) is 2.83. The molecule has 2 rings (SSSR count). The fourth-order valence-electron chi connectivity index (χ4n) is 2.50. The summed E-state index contributed by atoms with van der Waals surface area (Å²) in [5.41, 5.74) is 0.681. The van der Waals surface area contributed by atoms with Gasteiger partial charge in [0, 0.05) is 29.1 Å². The second-order valence-electron chi connectivity index (χ2n) is 4.64. The Balaban J connectivity index is 2.08. The van der Waals surface area contributed by atoms with E-state index in [1.165, 1.54) is 0 Å². The van der Waals surface area contributed by atoms with Crippen LogP contribution >= 0.6 is 23.2 Å². The van der Waals surface area contributed by atoms with Gasteiger partial charge in [-0.15, -0.1) is 11.6 Å². The highest BCUT2D eigenvalue weighted by molar-refractivity contribution is 6.30. The zero-order valence-corrected chi connectivity index (χ0v) is 11.8. The highest BCUT2D eigenvalue weighted by Gasteiger charge is 2.28. The number of likely N-dealkylation sites (tertiary alicyclic amines) is 1. The molecule has 1 fully saturated rings. The van der Waals surface area contributed by atoms with E-state index in [9.17, 15) is 4.79 Å². The Hall–Kier alpha value is -0.730. The topological polar surface area (TPSA) is 20.3 Å². The Morgan fingerprint density at radius 3 is 3.00 bits per heavy atom. The molecule has 0 aromatic heterocycles. The third-order valence-corrected chi connectivity index (χ3v) is 3.88. The molecule has 1 saturated heterocycles. The van der Waals surface area contributed by atoms with Crippen molar-refractivity contribution in [1.82, 2.24) is 4.90 Å². The lowest BCUT2D eigenvalue weighted by atomic mass is 10.1. The van der Waals surface area contributed by atoms with Gasteiger partial charge in [-0.2, -0.15) is 0 Å². The molecule has 1 atom stereocenters. The Kier molecular flexibility index (Phi) is 4.90. The predicted molar refractivity (Wildman–Crippen MR) is 75.5 cm³/mol. The molecule has 98 valence electrons. The normalized spacial score (nSPS) is 19.2. The van der Waals surface area contributed by atoms with Crippen molar-refractivity contribution in [2.75, 3.05) is 12.4 Å². The van der Waals surface area contributed by atoms with Gasteiger partial charge in [-0.1, -0.05) is 17.7 Å². The van der Waals surface area contributed by atoms with Crippen molar-refractivity contribution in [2.45, 2.75) is 31.7 Å². The van der Waals surface area contributed by atoms with Gasteiger partial charge in [-0.3, -0.25) is 4.79 Å². The number of rotatable bonds is 4. The summed E-state index contributed by atoms with van der Waals surface area (Å²) in [7, 11) is 0. The number of hydrogen-bond acceptors (Lipinski definition) is 1. The summed E-state index contributed by atoms with van der Waals surface area (Å²) in [4.78, 5) is 14.4. The van der Waals surface area contributed by atoms with Crippen molar-refractivity contribution >= 4 is 29.1 Å². The molecule has 1 heterocycles. The summed E-state index contributed by atoms with van der Waals surface area (Å²) < 4.78 is 0. The molecule has 1 aliphatic heterocycles. The number of nitrogens with zero attached hydrogens (tertiary/aromatic N) is 1. The highest BCUT2D eigenvalue weighted by Crippen LogP contribution is 2.24. The van der Waals surface area contributed by atoms with E-state index in [4.69, 9.17) is 23.2 Å². The first-order valence-corrected chi connectivity index (χ1v) is 7.26. The molecular weight excluding hydrogens is 269 g/mol. The zero-order valence-electron chi connectivity index (χ0n) is 10.2. The first-order valence-electron chi connectivity index (χ1n) is 6.35. The Morgan fingerprint density at radius 2 is 2.28 bits per heavy atom. The number of amides is 1. The SMILES string of the molecule is O=C(c1cccc(Cl)c1)N1CCCC1CCCCl. The van der Waals surface area contributed by atoms with Crippen LogP contribution in [0.3, 0.4) is 0 Å². The molecule has 4 heteroatoms. The lowest BCUT2D eigenvalue weighted by Crippen LogP contribution is -2.35. The van der Waals surface area contributed by atoms with Crippen LogP contribution < -0.4 is 0 Å². The molecule has 0 N–H and O–H groups in total. The number of halogens is 2. The van der Waals surface area contributed by atoms with E-state index < -0.39 is 0 Å². The maximum atomic E-state index is 12.4. The van der Waals surface area contributed by atoms with Crippen LogP contribution in [-0.2, 0) is 0 Å². The lowest BCUT2D eigenvalue weighted by Gasteiger charge is -2.24. The maximum absolute atomic E-state index is 12.4. The van der Waals surface area contributed by atoms with Crippen LogP contribution in [0.5, 0.6) is 0 Å². The quantitative estimate of drug-likeness (QED) is 0.767. The van der Waals surface area contributed by atoms with Crippen molar-refractivity contribution in [3.05, 3.63) is 34.9 Å². The van der Waals surface area contributed by atoms with Crippen molar-refractivity contribution in [2.24, 2.45) is 0 Å². The molecular formula is C14H17Cl2NO. The molecule has 1 unspecified atom stereocenters. The van der Waals surface area contributed by atoms with E-state index in [0.717, 1.165) is 32.2 Å². The molecule has 1 aromatic rings. The fraction of sp³-hybridized carbons (Fsp3) is 0.500. The number of benzene rings is 1. The molecule has 0 spiro atoms. The summed E-state index contributed by atoms with van der Waals surface area (Å²) >= 11 is 11.7. The van der Waals surface area contributed by atoms with Crippen LogP contribution in [0.1, 0.15) is 36.0 Å². The van der Waals surface area contributed by atoms with Crippen LogP contribution in [0.2, 0.25) is 5.02 Å². The van der Waals surface area contributed by atoms with Gasteiger partial charge < -0.3 is 4.90 Å². The summed E-state index contributed by atoms with van der Waals surface area (Å²) in [5, 5.41) is 0.609. The van der Waals surface area contributed by atoms with Crippen LogP contribution in [-0.4, -0.2) is 29.3 Å². The van der Waals surface area contributed by atoms with E-state index in [1.54, 1.807) is 12.1 Å². The maximum Gasteiger partial charge on any atom is 0.254 e. The third kappa shape index (κ3) is 3.18. The minimum Gasteiger partial charge on any atom is -0.336 e. The molecule has 0 radical (unpaired) electrons. The van der Waals surface area contributed by atoms with E-state index in [-0.39, 0.29) is 5.91 Å². The van der Waals surface area contributed by atoms with Crippen LogP contribution in [0.4, 0.5) is 0 Å². The third-order valence-electron chi connectivity index (χ3n) is 3.38. The van der Waals surface area contributed by atoms with Gasteiger partial charge in [0.1, 0.15) is 0 Å².